The zero-order valence-corrected chi connectivity index (χ0v) is 23.0. The number of rotatable bonds is 12. The number of nitrogens with zero attached hydrogens (tertiary/aromatic N) is 1. The molecule has 6 nitrogen and oxygen atoms in total. The average molecular weight is 579 g/mol. The summed E-state index contributed by atoms with van der Waals surface area (Å²) in [4.78, 5) is 26.4. The SMILES string of the molecule is CCOc1cc(/C=C2\SC(=S)N(CCCCCC(=O)OC)C2=O)cc(Br)c1OCc1ccccc1. The van der Waals surface area contributed by atoms with E-state index in [2.05, 4.69) is 20.7 Å². The third-order valence-corrected chi connectivity index (χ3v) is 7.19. The molecule has 1 fully saturated rings. The molecule has 1 aliphatic heterocycles. The van der Waals surface area contributed by atoms with Crippen LogP contribution in [-0.2, 0) is 20.9 Å². The Morgan fingerprint density at radius 1 is 1.14 bits per heavy atom. The van der Waals surface area contributed by atoms with E-state index in [1.165, 1.54) is 18.9 Å². The number of ether oxygens (including phenoxy) is 3. The predicted octanol–water partition coefficient (Wildman–Crippen LogP) is 6.36. The van der Waals surface area contributed by atoms with Crippen LogP contribution in [0, 0.1) is 0 Å². The van der Waals surface area contributed by atoms with Gasteiger partial charge in [0.05, 0.1) is 23.1 Å². The number of methoxy groups -OCH3 is 1. The Balaban J connectivity index is 1.68. The van der Waals surface area contributed by atoms with E-state index in [1.807, 2.05) is 55.5 Å². The van der Waals surface area contributed by atoms with Gasteiger partial charge in [-0.3, -0.25) is 14.5 Å². The summed E-state index contributed by atoms with van der Waals surface area (Å²) < 4.78 is 17.8. The molecule has 1 heterocycles. The molecule has 0 bridgehead atoms. The van der Waals surface area contributed by atoms with Gasteiger partial charge in [-0.15, -0.1) is 0 Å². The van der Waals surface area contributed by atoms with Gasteiger partial charge in [-0.25, -0.2) is 0 Å². The Bertz CT molecular complexity index is 1090. The number of benzene rings is 2. The van der Waals surface area contributed by atoms with Crippen LogP contribution >= 0.6 is 39.9 Å². The lowest BCUT2D eigenvalue weighted by Gasteiger charge is -2.15. The van der Waals surface area contributed by atoms with Gasteiger partial charge in [0.15, 0.2) is 11.5 Å². The maximum Gasteiger partial charge on any atom is 0.305 e. The number of amides is 1. The number of thioether (sulfide) groups is 1. The molecule has 0 atom stereocenters. The van der Waals surface area contributed by atoms with E-state index in [0.717, 1.165) is 34.9 Å². The van der Waals surface area contributed by atoms with Crippen LogP contribution in [-0.4, -0.2) is 41.4 Å². The van der Waals surface area contributed by atoms with E-state index in [4.69, 9.17) is 21.7 Å². The molecule has 2 aromatic carbocycles. The van der Waals surface area contributed by atoms with E-state index < -0.39 is 0 Å². The molecule has 0 saturated carbocycles. The van der Waals surface area contributed by atoms with E-state index in [-0.39, 0.29) is 11.9 Å². The van der Waals surface area contributed by atoms with Crippen LogP contribution in [0.5, 0.6) is 11.5 Å². The highest BCUT2D eigenvalue weighted by atomic mass is 79.9. The van der Waals surface area contributed by atoms with Crippen LogP contribution in [0.25, 0.3) is 6.08 Å². The summed E-state index contributed by atoms with van der Waals surface area (Å²) in [7, 11) is 1.38. The van der Waals surface area contributed by atoms with Crippen LogP contribution in [0.15, 0.2) is 51.8 Å². The number of halogens is 1. The Morgan fingerprint density at radius 3 is 2.63 bits per heavy atom. The molecular weight excluding hydrogens is 550 g/mol. The van der Waals surface area contributed by atoms with Crippen LogP contribution in [0.3, 0.4) is 0 Å². The lowest BCUT2D eigenvalue weighted by Crippen LogP contribution is -2.29. The minimum atomic E-state index is -0.215. The first-order valence-electron chi connectivity index (χ1n) is 11.4. The standard InChI is InChI=1S/C26H28BrNO5S2/c1-3-32-21-15-19(14-20(27)24(21)33-17-18-10-6-4-7-11-18)16-22-25(30)28(26(34)35-22)13-9-5-8-12-23(29)31-2/h4,6-7,10-11,14-16H,3,5,8-9,12-13,17H2,1-2H3/b22-16-. The van der Waals surface area contributed by atoms with Crippen LogP contribution in [0.4, 0.5) is 0 Å². The van der Waals surface area contributed by atoms with Crippen molar-refractivity contribution in [2.24, 2.45) is 0 Å². The van der Waals surface area contributed by atoms with Crippen molar-refractivity contribution in [3.05, 3.63) is 63.0 Å². The Morgan fingerprint density at radius 2 is 1.91 bits per heavy atom. The molecule has 0 aromatic heterocycles. The summed E-state index contributed by atoms with van der Waals surface area (Å²) in [6.07, 6.45) is 4.52. The quantitative estimate of drug-likeness (QED) is 0.126. The van der Waals surface area contributed by atoms with E-state index in [9.17, 15) is 9.59 Å². The molecule has 1 aliphatic rings. The van der Waals surface area contributed by atoms with Gasteiger partial charge in [0.2, 0.25) is 0 Å². The van der Waals surface area contributed by atoms with Crippen molar-refractivity contribution in [2.75, 3.05) is 20.3 Å². The van der Waals surface area contributed by atoms with Crippen molar-refractivity contribution >= 4 is 62.2 Å². The number of thiocarbonyl (C=S) groups is 1. The molecule has 9 heteroatoms. The second-order valence-corrected chi connectivity index (χ2v) is 10.3. The van der Waals surface area contributed by atoms with Gasteiger partial charge in [-0.05, 0) is 65.0 Å². The fourth-order valence-corrected chi connectivity index (χ4v) is 5.35. The summed E-state index contributed by atoms with van der Waals surface area (Å²) in [5, 5.41) is 0. The van der Waals surface area contributed by atoms with E-state index in [0.29, 0.717) is 46.9 Å². The number of carbonyl (C=O) groups is 2. The number of hydrogen-bond donors (Lipinski definition) is 0. The fourth-order valence-electron chi connectivity index (χ4n) is 3.47. The number of hydrogen-bond acceptors (Lipinski definition) is 7. The van der Waals surface area contributed by atoms with Crippen molar-refractivity contribution in [3.8, 4) is 11.5 Å². The fraction of sp³-hybridized carbons (Fsp3) is 0.346. The summed E-state index contributed by atoms with van der Waals surface area (Å²) in [5.74, 6) is 0.900. The van der Waals surface area contributed by atoms with E-state index >= 15 is 0 Å². The largest absolute Gasteiger partial charge is 0.490 e. The van der Waals surface area contributed by atoms with Crippen molar-refractivity contribution in [3.63, 3.8) is 0 Å². The highest BCUT2D eigenvalue weighted by molar-refractivity contribution is 9.10. The zero-order chi connectivity index (χ0) is 25.2. The van der Waals surface area contributed by atoms with Crippen molar-refractivity contribution < 1.29 is 23.8 Å². The van der Waals surface area contributed by atoms with E-state index in [1.54, 1.807) is 4.90 Å². The second kappa shape index (κ2) is 13.7. The predicted molar refractivity (Wildman–Crippen MR) is 146 cm³/mol. The number of unbranched alkanes of at least 4 members (excludes halogenated alkanes) is 2. The van der Waals surface area contributed by atoms with Gasteiger partial charge in [0, 0.05) is 13.0 Å². The smallest absolute Gasteiger partial charge is 0.305 e. The first-order chi connectivity index (χ1) is 16.9. The zero-order valence-electron chi connectivity index (χ0n) is 19.8. The third-order valence-electron chi connectivity index (χ3n) is 5.22. The molecule has 186 valence electrons. The molecule has 2 aromatic rings. The highest BCUT2D eigenvalue weighted by Gasteiger charge is 2.31. The molecule has 3 rings (SSSR count). The number of esters is 1. The summed E-state index contributed by atoms with van der Waals surface area (Å²) in [6.45, 7) is 3.34. The summed E-state index contributed by atoms with van der Waals surface area (Å²) >= 11 is 10.3. The molecule has 0 unspecified atom stereocenters. The van der Waals surface area contributed by atoms with Gasteiger partial charge < -0.3 is 14.2 Å². The average Bonchev–Trinajstić information content (AvgIpc) is 3.11. The third kappa shape index (κ3) is 7.81. The maximum atomic E-state index is 13.0. The van der Waals surface area contributed by atoms with Gasteiger partial charge in [-0.2, -0.15) is 0 Å². The van der Waals surface area contributed by atoms with Crippen LogP contribution in [0.2, 0.25) is 0 Å². The van der Waals surface area contributed by atoms with Gasteiger partial charge in [-0.1, -0.05) is 60.7 Å². The molecule has 0 aliphatic carbocycles. The molecule has 0 radical (unpaired) electrons. The first-order valence-corrected chi connectivity index (χ1v) is 13.4. The minimum Gasteiger partial charge on any atom is -0.490 e. The first kappa shape index (κ1) is 27.2. The molecular formula is C26H28BrNO5S2. The Labute approximate surface area is 224 Å². The van der Waals surface area contributed by atoms with Crippen molar-refractivity contribution in [1.82, 2.24) is 4.90 Å². The molecule has 1 saturated heterocycles. The Hall–Kier alpha value is -2.36. The lowest BCUT2D eigenvalue weighted by molar-refractivity contribution is -0.140. The van der Waals surface area contributed by atoms with Gasteiger partial charge in [0.1, 0.15) is 10.9 Å². The molecule has 0 spiro atoms. The monoisotopic (exact) mass is 577 g/mol. The van der Waals surface area contributed by atoms with Crippen LogP contribution in [0.1, 0.15) is 43.7 Å². The maximum absolute atomic E-state index is 13.0. The molecule has 35 heavy (non-hydrogen) atoms. The van der Waals surface area contributed by atoms with Crippen LogP contribution < -0.4 is 9.47 Å². The highest BCUT2D eigenvalue weighted by Crippen LogP contribution is 2.39. The normalized spacial score (nSPS) is 14.5. The number of carbonyl (C=O) groups excluding carboxylic acids is 2. The van der Waals surface area contributed by atoms with Crippen molar-refractivity contribution in [1.29, 1.82) is 0 Å². The summed E-state index contributed by atoms with van der Waals surface area (Å²) in [5.41, 5.74) is 1.87. The molecule has 0 N–H and O–H groups in total. The minimum absolute atomic E-state index is 0.105. The lowest BCUT2D eigenvalue weighted by atomic mass is 10.1. The molecule has 1 amide bonds. The van der Waals surface area contributed by atoms with Gasteiger partial charge in [0.25, 0.3) is 5.91 Å². The Kier molecular flexibility index (Phi) is 10.6. The summed E-state index contributed by atoms with van der Waals surface area (Å²) in [6, 6.07) is 13.7. The second-order valence-electron chi connectivity index (χ2n) is 7.76. The van der Waals surface area contributed by atoms with Crippen molar-refractivity contribution in [2.45, 2.75) is 39.2 Å². The van der Waals surface area contributed by atoms with Gasteiger partial charge >= 0.3 is 5.97 Å². The topological polar surface area (TPSA) is 65.1 Å².